The molecule has 1 aromatic heterocycles. The van der Waals surface area contributed by atoms with Crippen molar-refractivity contribution in [2.45, 2.75) is 32.1 Å². The summed E-state index contributed by atoms with van der Waals surface area (Å²) in [5.41, 5.74) is 2.30. The maximum absolute atomic E-state index is 12.6. The Hall–Kier alpha value is -2.49. The second kappa shape index (κ2) is 6.04. The number of furan rings is 1. The van der Waals surface area contributed by atoms with Crippen LogP contribution in [0.25, 0.3) is 21.9 Å². The molecule has 4 nitrogen and oxygen atoms in total. The highest BCUT2D eigenvalue weighted by Gasteiger charge is 2.40. The molecule has 3 unspecified atom stereocenters. The number of methoxy groups -OCH3 is 1. The van der Waals surface area contributed by atoms with Gasteiger partial charge in [-0.2, -0.15) is 0 Å². The van der Waals surface area contributed by atoms with Crippen LogP contribution in [-0.2, 0) is 4.79 Å². The zero-order valence-electron chi connectivity index (χ0n) is 15.0. The number of benzene rings is 2. The predicted octanol–water partition coefficient (Wildman–Crippen LogP) is 5.36. The van der Waals surface area contributed by atoms with E-state index in [0.29, 0.717) is 23.8 Å². The minimum absolute atomic E-state index is 0.0799. The molecule has 1 amide bonds. The molecule has 2 aliphatic carbocycles. The zero-order valence-corrected chi connectivity index (χ0v) is 15.0. The van der Waals surface area contributed by atoms with E-state index in [2.05, 4.69) is 5.32 Å². The predicted molar refractivity (Wildman–Crippen MR) is 102 cm³/mol. The number of nitrogens with one attached hydrogen (secondary N) is 1. The molecule has 4 heteroatoms. The number of amides is 1. The second-order valence-corrected chi connectivity index (χ2v) is 7.83. The first-order valence-electron chi connectivity index (χ1n) is 9.50. The van der Waals surface area contributed by atoms with Gasteiger partial charge in [0.2, 0.25) is 5.91 Å². The third-order valence-corrected chi connectivity index (χ3v) is 6.31. The van der Waals surface area contributed by atoms with Crippen LogP contribution in [0.5, 0.6) is 5.75 Å². The van der Waals surface area contributed by atoms with Crippen molar-refractivity contribution in [2.75, 3.05) is 12.4 Å². The van der Waals surface area contributed by atoms with Gasteiger partial charge >= 0.3 is 0 Å². The minimum atomic E-state index is 0.0799. The lowest BCUT2D eigenvalue weighted by Crippen LogP contribution is -2.20. The fraction of sp³-hybridized carbons (Fsp3) is 0.409. The van der Waals surface area contributed by atoms with Gasteiger partial charge in [-0.05, 0) is 49.1 Å². The Morgan fingerprint density at radius 1 is 1.15 bits per heavy atom. The molecule has 3 atom stereocenters. The lowest BCUT2D eigenvalue weighted by Gasteiger charge is -2.21. The van der Waals surface area contributed by atoms with Crippen molar-refractivity contribution in [1.82, 2.24) is 0 Å². The van der Waals surface area contributed by atoms with Crippen molar-refractivity contribution in [3.05, 3.63) is 36.4 Å². The highest BCUT2D eigenvalue weighted by atomic mass is 16.5. The Morgan fingerprint density at radius 3 is 2.81 bits per heavy atom. The summed E-state index contributed by atoms with van der Waals surface area (Å²) in [6, 6.07) is 11.8. The maximum atomic E-state index is 12.6. The number of carbonyl (C=O) groups excluding carboxylic acids is 1. The van der Waals surface area contributed by atoms with Crippen molar-refractivity contribution in [3.8, 4) is 5.75 Å². The highest BCUT2D eigenvalue weighted by molar-refractivity contribution is 6.07. The van der Waals surface area contributed by atoms with Crippen LogP contribution >= 0.6 is 0 Å². The van der Waals surface area contributed by atoms with Crippen LogP contribution in [0.15, 0.2) is 40.8 Å². The van der Waals surface area contributed by atoms with E-state index in [-0.39, 0.29) is 5.91 Å². The summed E-state index contributed by atoms with van der Waals surface area (Å²) < 4.78 is 11.5. The minimum Gasteiger partial charge on any atom is -0.495 e. The van der Waals surface area contributed by atoms with Crippen molar-refractivity contribution in [2.24, 2.45) is 17.8 Å². The average molecular weight is 349 g/mol. The molecule has 2 bridgehead atoms. The van der Waals surface area contributed by atoms with E-state index in [1.807, 2.05) is 36.4 Å². The van der Waals surface area contributed by atoms with Crippen molar-refractivity contribution < 1.29 is 13.9 Å². The van der Waals surface area contributed by atoms with Crippen LogP contribution in [0, 0.1) is 17.8 Å². The Balaban J connectivity index is 1.42. The topological polar surface area (TPSA) is 51.5 Å². The number of anilines is 1. The molecule has 26 heavy (non-hydrogen) atoms. The standard InChI is InChI=1S/C22H23NO3/c1-25-21-11-17-16-4-2-3-5-19(16)26-20(17)12-18(21)23-22(24)10-15-9-13-6-7-14(15)8-13/h2-5,11-15H,6-10H2,1H3,(H,23,24). The Kier molecular flexibility index (Phi) is 3.66. The number of para-hydroxylation sites is 1. The van der Waals surface area contributed by atoms with Gasteiger partial charge in [0.05, 0.1) is 12.8 Å². The van der Waals surface area contributed by atoms with Crippen LogP contribution in [-0.4, -0.2) is 13.0 Å². The summed E-state index contributed by atoms with van der Waals surface area (Å²) in [5.74, 6) is 2.92. The second-order valence-electron chi connectivity index (χ2n) is 7.83. The zero-order chi connectivity index (χ0) is 17.7. The summed E-state index contributed by atoms with van der Waals surface area (Å²) in [6.07, 6.45) is 5.82. The first kappa shape index (κ1) is 15.7. The molecule has 5 rings (SSSR count). The van der Waals surface area contributed by atoms with E-state index in [0.717, 1.165) is 33.8 Å². The van der Waals surface area contributed by atoms with Crippen molar-refractivity contribution in [1.29, 1.82) is 0 Å². The lowest BCUT2D eigenvalue weighted by molar-refractivity contribution is -0.117. The maximum Gasteiger partial charge on any atom is 0.224 e. The van der Waals surface area contributed by atoms with E-state index < -0.39 is 0 Å². The largest absolute Gasteiger partial charge is 0.495 e. The van der Waals surface area contributed by atoms with E-state index in [1.165, 1.54) is 25.7 Å². The lowest BCUT2D eigenvalue weighted by atomic mass is 9.86. The summed E-state index contributed by atoms with van der Waals surface area (Å²) in [5, 5.41) is 5.12. The van der Waals surface area contributed by atoms with E-state index >= 15 is 0 Å². The summed E-state index contributed by atoms with van der Waals surface area (Å²) in [4.78, 5) is 12.6. The molecule has 0 spiro atoms. The number of hydrogen-bond acceptors (Lipinski definition) is 3. The highest BCUT2D eigenvalue weighted by Crippen LogP contribution is 2.49. The smallest absolute Gasteiger partial charge is 0.224 e. The van der Waals surface area contributed by atoms with Crippen LogP contribution < -0.4 is 10.1 Å². The number of rotatable bonds is 4. The molecule has 134 valence electrons. The van der Waals surface area contributed by atoms with E-state index in [1.54, 1.807) is 7.11 Å². The van der Waals surface area contributed by atoms with E-state index in [9.17, 15) is 4.79 Å². The Labute approximate surface area is 152 Å². The fourth-order valence-corrected chi connectivity index (χ4v) is 5.08. The molecule has 3 aromatic rings. The van der Waals surface area contributed by atoms with E-state index in [4.69, 9.17) is 9.15 Å². The molecule has 0 saturated heterocycles. The first-order chi connectivity index (χ1) is 12.7. The van der Waals surface area contributed by atoms with Crippen LogP contribution in [0.1, 0.15) is 32.1 Å². The molecule has 2 fully saturated rings. The average Bonchev–Trinajstić information content (AvgIpc) is 3.34. The summed E-state index contributed by atoms with van der Waals surface area (Å²) in [7, 11) is 1.63. The summed E-state index contributed by atoms with van der Waals surface area (Å²) >= 11 is 0. The molecule has 1 heterocycles. The van der Waals surface area contributed by atoms with Gasteiger partial charge in [-0.25, -0.2) is 0 Å². The molecule has 0 radical (unpaired) electrons. The normalized spacial score (nSPS) is 24.4. The monoisotopic (exact) mass is 349 g/mol. The molecule has 2 saturated carbocycles. The van der Waals surface area contributed by atoms with Crippen molar-refractivity contribution >= 4 is 33.5 Å². The van der Waals surface area contributed by atoms with Gasteiger partial charge in [0.1, 0.15) is 16.9 Å². The molecule has 2 aromatic carbocycles. The van der Waals surface area contributed by atoms with Crippen LogP contribution in [0.2, 0.25) is 0 Å². The molecule has 1 N–H and O–H groups in total. The number of hydrogen-bond donors (Lipinski definition) is 1. The number of carbonyl (C=O) groups is 1. The van der Waals surface area contributed by atoms with Crippen molar-refractivity contribution in [3.63, 3.8) is 0 Å². The molecule has 0 aliphatic heterocycles. The summed E-state index contributed by atoms with van der Waals surface area (Å²) in [6.45, 7) is 0. The van der Waals surface area contributed by atoms with Crippen LogP contribution in [0.3, 0.4) is 0 Å². The quantitative estimate of drug-likeness (QED) is 0.690. The van der Waals surface area contributed by atoms with Crippen LogP contribution in [0.4, 0.5) is 5.69 Å². The number of ether oxygens (including phenoxy) is 1. The third-order valence-electron chi connectivity index (χ3n) is 6.31. The van der Waals surface area contributed by atoms with Gasteiger partial charge in [-0.3, -0.25) is 4.79 Å². The van der Waals surface area contributed by atoms with Gasteiger partial charge in [-0.15, -0.1) is 0 Å². The fourth-order valence-electron chi connectivity index (χ4n) is 5.08. The molecule has 2 aliphatic rings. The third kappa shape index (κ3) is 2.56. The van der Waals surface area contributed by atoms with Gasteiger partial charge in [0.15, 0.2) is 0 Å². The van der Waals surface area contributed by atoms with Gasteiger partial charge in [-0.1, -0.05) is 24.6 Å². The molecular weight excluding hydrogens is 326 g/mol. The Bertz CT molecular complexity index is 990. The first-order valence-corrected chi connectivity index (χ1v) is 9.50. The number of fused-ring (bicyclic) bond motifs is 5. The van der Waals surface area contributed by atoms with Gasteiger partial charge < -0.3 is 14.5 Å². The SMILES string of the molecule is COc1cc2c(cc1NC(=O)CC1CC3CCC1C3)oc1ccccc12. The van der Waals surface area contributed by atoms with Gasteiger partial charge in [0.25, 0.3) is 0 Å². The Morgan fingerprint density at radius 2 is 2.04 bits per heavy atom. The van der Waals surface area contributed by atoms with Gasteiger partial charge in [0, 0.05) is 23.3 Å². The molecular formula is C22H23NO3.